The van der Waals surface area contributed by atoms with Gasteiger partial charge in [-0.25, -0.2) is 0 Å². The maximum absolute atomic E-state index is 11.5. The van der Waals surface area contributed by atoms with Gasteiger partial charge in [0.05, 0.1) is 46.2 Å². The molecule has 0 bridgehead atoms. The number of amides is 1. The van der Waals surface area contributed by atoms with Crippen LogP contribution in [-0.2, 0) is 23.7 Å². The molecule has 0 fully saturated rings. The van der Waals surface area contributed by atoms with Crippen molar-refractivity contribution in [2.24, 2.45) is 0 Å². The Morgan fingerprint density at radius 1 is 0.850 bits per heavy atom. The smallest absolute Gasteiger partial charge is 0.222 e. The van der Waals surface area contributed by atoms with Gasteiger partial charge in [-0.3, -0.25) is 4.79 Å². The summed E-state index contributed by atoms with van der Waals surface area (Å²) < 4.78 is 20.7. The molecule has 0 aromatic heterocycles. The highest BCUT2D eigenvalue weighted by atomic mass is 16.6. The standard InChI is InChI=1S/C14H29NO5/c1-14(2,3)15-13(16)5-6-18-9-10-20-12-11-19-8-7-17-4/h5-12H2,1-4H3,(H,15,16). The number of carbonyl (C=O) groups excluding carboxylic acids is 1. The third kappa shape index (κ3) is 15.4. The van der Waals surface area contributed by atoms with Crippen molar-refractivity contribution in [3.05, 3.63) is 0 Å². The second kappa shape index (κ2) is 12.1. The van der Waals surface area contributed by atoms with Gasteiger partial charge in [-0.15, -0.1) is 0 Å². The van der Waals surface area contributed by atoms with Gasteiger partial charge >= 0.3 is 0 Å². The van der Waals surface area contributed by atoms with Crippen LogP contribution >= 0.6 is 0 Å². The van der Waals surface area contributed by atoms with E-state index in [9.17, 15) is 4.79 Å². The van der Waals surface area contributed by atoms with E-state index in [0.717, 1.165) is 0 Å². The lowest BCUT2D eigenvalue weighted by Crippen LogP contribution is -2.40. The first kappa shape index (κ1) is 19.3. The zero-order valence-electron chi connectivity index (χ0n) is 13.2. The highest BCUT2D eigenvalue weighted by Crippen LogP contribution is 1.99. The fraction of sp³-hybridized carbons (Fsp3) is 0.929. The Labute approximate surface area is 122 Å². The lowest BCUT2D eigenvalue weighted by Gasteiger charge is -2.20. The van der Waals surface area contributed by atoms with Crippen molar-refractivity contribution >= 4 is 5.91 Å². The van der Waals surface area contributed by atoms with Gasteiger partial charge in [-0.2, -0.15) is 0 Å². The van der Waals surface area contributed by atoms with Gasteiger partial charge in [0.15, 0.2) is 0 Å². The van der Waals surface area contributed by atoms with E-state index in [1.54, 1.807) is 7.11 Å². The zero-order valence-corrected chi connectivity index (χ0v) is 13.2. The van der Waals surface area contributed by atoms with Crippen LogP contribution in [-0.4, -0.2) is 64.8 Å². The highest BCUT2D eigenvalue weighted by molar-refractivity contribution is 5.76. The van der Waals surface area contributed by atoms with E-state index in [1.807, 2.05) is 20.8 Å². The Kier molecular flexibility index (Phi) is 11.7. The van der Waals surface area contributed by atoms with Crippen molar-refractivity contribution in [3.8, 4) is 0 Å². The predicted octanol–water partition coefficient (Wildman–Crippen LogP) is 0.987. The van der Waals surface area contributed by atoms with Crippen LogP contribution < -0.4 is 5.32 Å². The van der Waals surface area contributed by atoms with Gasteiger partial charge in [0.2, 0.25) is 5.91 Å². The summed E-state index contributed by atoms with van der Waals surface area (Å²) in [4.78, 5) is 11.5. The third-order valence-electron chi connectivity index (χ3n) is 2.16. The second-order valence-corrected chi connectivity index (χ2v) is 5.38. The predicted molar refractivity (Wildman–Crippen MR) is 76.8 cm³/mol. The minimum atomic E-state index is -0.191. The lowest BCUT2D eigenvalue weighted by molar-refractivity contribution is -0.123. The fourth-order valence-electron chi connectivity index (χ4n) is 1.33. The molecule has 0 rings (SSSR count). The largest absolute Gasteiger partial charge is 0.382 e. The molecule has 0 atom stereocenters. The van der Waals surface area contributed by atoms with Crippen LogP contribution in [0.2, 0.25) is 0 Å². The second-order valence-electron chi connectivity index (χ2n) is 5.38. The monoisotopic (exact) mass is 291 g/mol. The summed E-state index contributed by atoms with van der Waals surface area (Å²) in [6.07, 6.45) is 0.372. The third-order valence-corrected chi connectivity index (χ3v) is 2.16. The van der Waals surface area contributed by atoms with Gasteiger partial charge < -0.3 is 24.3 Å². The van der Waals surface area contributed by atoms with E-state index >= 15 is 0 Å². The van der Waals surface area contributed by atoms with Crippen molar-refractivity contribution in [2.75, 3.05) is 53.4 Å². The van der Waals surface area contributed by atoms with E-state index in [2.05, 4.69) is 5.32 Å². The Bertz CT molecular complexity index is 240. The number of carbonyl (C=O) groups is 1. The molecule has 0 aliphatic heterocycles. The molecule has 6 nitrogen and oxygen atoms in total. The number of hydrogen-bond acceptors (Lipinski definition) is 5. The van der Waals surface area contributed by atoms with E-state index in [-0.39, 0.29) is 11.4 Å². The highest BCUT2D eigenvalue weighted by Gasteiger charge is 2.12. The molecule has 0 unspecified atom stereocenters. The van der Waals surface area contributed by atoms with Gasteiger partial charge in [0, 0.05) is 19.1 Å². The van der Waals surface area contributed by atoms with Crippen molar-refractivity contribution in [2.45, 2.75) is 32.7 Å². The first-order valence-corrected chi connectivity index (χ1v) is 6.99. The van der Waals surface area contributed by atoms with Crippen LogP contribution in [0.15, 0.2) is 0 Å². The summed E-state index contributed by atoms with van der Waals surface area (Å²) in [5.41, 5.74) is -0.191. The van der Waals surface area contributed by atoms with Crippen LogP contribution in [0.1, 0.15) is 27.2 Å². The molecular formula is C14H29NO5. The summed E-state index contributed by atoms with van der Waals surface area (Å²) in [6.45, 7) is 9.54. The van der Waals surface area contributed by atoms with E-state index < -0.39 is 0 Å². The summed E-state index contributed by atoms with van der Waals surface area (Å²) in [7, 11) is 1.64. The molecular weight excluding hydrogens is 262 g/mol. The molecule has 0 aliphatic carbocycles. The van der Waals surface area contributed by atoms with Crippen molar-refractivity contribution in [1.29, 1.82) is 0 Å². The SMILES string of the molecule is COCCOCCOCCOCCC(=O)NC(C)(C)C. The first-order valence-electron chi connectivity index (χ1n) is 6.99. The first-order chi connectivity index (χ1) is 9.45. The van der Waals surface area contributed by atoms with Gasteiger partial charge in [0.25, 0.3) is 0 Å². The maximum atomic E-state index is 11.5. The quantitative estimate of drug-likeness (QED) is 0.543. The number of methoxy groups -OCH3 is 1. The van der Waals surface area contributed by atoms with Crippen molar-refractivity contribution < 1.29 is 23.7 Å². The molecule has 0 aromatic rings. The number of hydrogen-bond donors (Lipinski definition) is 1. The van der Waals surface area contributed by atoms with Crippen LogP contribution in [0.5, 0.6) is 0 Å². The lowest BCUT2D eigenvalue weighted by atomic mass is 10.1. The minimum Gasteiger partial charge on any atom is -0.382 e. The van der Waals surface area contributed by atoms with Gasteiger partial charge in [0.1, 0.15) is 0 Å². The Hall–Kier alpha value is -0.690. The topological polar surface area (TPSA) is 66.0 Å². The average molecular weight is 291 g/mol. The van der Waals surface area contributed by atoms with Crippen LogP contribution in [0.4, 0.5) is 0 Å². The zero-order chi connectivity index (χ0) is 15.3. The van der Waals surface area contributed by atoms with Crippen LogP contribution in [0.3, 0.4) is 0 Å². The molecule has 0 saturated carbocycles. The van der Waals surface area contributed by atoms with Crippen molar-refractivity contribution in [1.82, 2.24) is 5.32 Å². The Morgan fingerprint density at radius 2 is 1.30 bits per heavy atom. The Morgan fingerprint density at radius 3 is 1.75 bits per heavy atom. The molecule has 0 aromatic carbocycles. The van der Waals surface area contributed by atoms with E-state index in [0.29, 0.717) is 52.7 Å². The number of nitrogens with one attached hydrogen (secondary N) is 1. The molecule has 0 spiro atoms. The fourth-order valence-corrected chi connectivity index (χ4v) is 1.33. The van der Waals surface area contributed by atoms with Gasteiger partial charge in [-0.05, 0) is 20.8 Å². The Balaban J connectivity index is 3.19. The molecule has 6 heteroatoms. The molecule has 20 heavy (non-hydrogen) atoms. The summed E-state index contributed by atoms with van der Waals surface area (Å²) in [6, 6.07) is 0. The van der Waals surface area contributed by atoms with E-state index in [4.69, 9.17) is 18.9 Å². The molecule has 0 aliphatic rings. The molecule has 0 radical (unpaired) electrons. The summed E-state index contributed by atoms with van der Waals surface area (Å²) >= 11 is 0. The van der Waals surface area contributed by atoms with Gasteiger partial charge in [-0.1, -0.05) is 0 Å². The normalized spacial score (nSPS) is 11.6. The van der Waals surface area contributed by atoms with Crippen molar-refractivity contribution in [3.63, 3.8) is 0 Å². The number of rotatable bonds is 12. The summed E-state index contributed by atoms with van der Waals surface area (Å²) in [5, 5.41) is 2.88. The number of ether oxygens (including phenoxy) is 4. The molecule has 120 valence electrons. The minimum absolute atomic E-state index is 0.00459. The molecule has 0 saturated heterocycles. The van der Waals surface area contributed by atoms with Crippen LogP contribution in [0, 0.1) is 0 Å². The molecule has 1 N–H and O–H groups in total. The molecule has 1 amide bonds. The van der Waals surface area contributed by atoms with Crippen LogP contribution in [0.25, 0.3) is 0 Å². The molecule has 0 heterocycles. The average Bonchev–Trinajstić information content (AvgIpc) is 2.34. The maximum Gasteiger partial charge on any atom is 0.222 e. The summed E-state index contributed by atoms with van der Waals surface area (Å²) in [5.74, 6) is 0.00459. The van der Waals surface area contributed by atoms with E-state index in [1.165, 1.54) is 0 Å².